The van der Waals surface area contributed by atoms with E-state index in [1.54, 1.807) is 24.3 Å². The third kappa shape index (κ3) is 5.46. The van der Waals surface area contributed by atoms with Crippen molar-refractivity contribution in [2.45, 2.75) is 19.4 Å². The second kappa shape index (κ2) is 8.63. The van der Waals surface area contributed by atoms with Crippen molar-refractivity contribution in [3.63, 3.8) is 0 Å². The maximum absolute atomic E-state index is 12.3. The van der Waals surface area contributed by atoms with Crippen molar-refractivity contribution in [3.8, 4) is 0 Å². The first-order chi connectivity index (χ1) is 12.0. The first-order valence-electron chi connectivity index (χ1n) is 7.80. The Morgan fingerprint density at radius 3 is 2.20 bits per heavy atom. The van der Waals surface area contributed by atoms with Gasteiger partial charge in [-0.3, -0.25) is 9.59 Å². The highest BCUT2D eigenvalue weighted by Gasteiger charge is 2.17. The third-order valence-electron chi connectivity index (χ3n) is 3.56. The lowest BCUT2D eigenvalue weighted by Gasteiger charge is -2.18. The van der Waals surface area contributed by atoms with E-state index in [4.69, 9.17) is 0 Å². The minimum atomic E-state index is -0.437. The lowest BCUT2D eigenvalue weighted by atomic mass is 10.0. The van der Waals surface area contributed by atoms with Gasteiger partial charge in [-0.1, -0.05) is 30.3 Å². The molecule has 2 N–H and O–H groups in total. The number of rotatable bonds is 6. The van der Waals surface area contributed by atoms with Gasteiger partial charge in [-0.05, 0) is 29.8 Å². The van der Waals surface area contributed by atoms with Crippen LogP contribution in [0.1, 0.15) is 35.3 Å². The number of hydrogen-bond donors (Lipinski definition) is 2. The molecule has 0 unspecified atom stereocenters. The zero-order valence-corrected chi connectivity index (χ0v) is 14.1. The number of amides is 2. The van der Waals surface area contributed by atoms with Gasteiger partial charge in [0.1, 0.15) is 0 Å². The fourth-order valence-electron chi connectivity index (χ4n) is 2.39. The first kappa shape index (κ1) is 18.2. The number of benzene rings is 2. The minimum absolute atomic E-state index is 0.0996. The van der Waals surface area contributed by atoms with Crippen molar-refractivity contribution in [3.05, 3.63) is 65.7 Å². The largest absolute Gasteiger partial charge is 0.465 e. The van der Waals surface area contributed by atoms with E-state index in [-0.39, 0.29) is 18.2 Å². The van der Waals surface area contributed by atoms with Gasteiger partial charge >= 0.3 is 5.97 Å². The topological polar surface area (TPSA) is 84.5 Å². The Labute approximate surface area is 146 Å². The SMILES string of the molecule is COC(=O)c1ccc(NC(=O)C[C@@H](NC(C)=O)c2ccccc2)cc1. The molecule has 0 aliphatic rings. The molecule has 130 valence electrons. The molecule has 2 aromatic rings. The molecule has 0 radical (unpaired) electrons. The molecule has 6 nitrogen and oxygen atoms in total. The summed E-state index contributed by atoms with van der Waals surface area (Å²) in [5, 5.41) is 5.54. The van der Waals surface area contributed by atoms with Crippen LogP contribution in [0.2, 0.25) is 0 Å². The van der Waals surface area contributed by atoms with E-state index < -0.39 is 12.0 Å². The van der Waals surface area contributed by atoms with Crippen LogP contribution in [0.5, 0.6) is 0 Å². The summed E-state index contributed by atoms with van der Waals surface area (Å²) in [6.45, 7) is 1.42. The van der Waals surface area contributed by atoms with E-state index >= 15 is 0 Å². The molecule has 0 saturated heterocycles. The maximum Gasteiger partial charge on any atom is 0.337 e. The Hall–Kier alpha value is -3.15. The highest BCUT2D eigenvalue weighted by atomic mass is 16.5. The zero-order chi connectivity index (χ0) is 18.2. The molecule has 0 bridgehead atoms. The van der Waals surface area contributed by atoms with Crippen molar-refractivity contribution >= 4 is 23.5 Å². The highest BCUT2D eigenvalue weighted by molar-refractivity contribution is 5.93. The average molecular weight is 340 g/mol. The lowest BCUT2D eigenvalue weighted by molar-refractivity contribution is -0.120. The van der Waals surface area contributed by atoms with Crippen molar-refractivity contribution in [2.24, 2.45) is 0 Å². The van der Waals surface area contributed by atoms with Gasteiger partial charge in [0, 0.05) is 12.6 Å². The number of carbonyl (C=O) groups is 3. The smallest absolute Gasteiger partial charge is 0.337 e. The molecule has 0 saturated carbocycles. The summed E-state index contributed by atoms with van der Waals surface area (Å²) in [5.41, 5.74) is 1.82. The van der Waals surface area contributed by atoms with E-state index in [0.717, 1.165) is 5.56 Å². The molecular weight excluding hydrogens is 320 g/mol. The van der Waals surface area contributed by atoms with Gasteiger partial charge in [0.25, 0.3) is 0 Å². The third-order valence-corrected chi connectivity index (χ3v) is 3.56. The summed E-state index contributed by atoms with van der Waals surface area (Å²) in [7, 11) is 1.31. The molecule has 1 atom stereocenters. The monoisotopic (exact) mass is 340 g/mol. The van der Waals surface area contributed by atoms with Crippen LogP contribution in [0.4, 0.5) is 5.69 Å². The maximum atomic E-state index is 12.3. The Morgan fingerprint density at radius 1 is 1.00 bits per heavy atom. The van der Waals surface area contributed by atoms with Crippen LogP contribution in [0, 0.1) is 0 Å². The Morgan fingerprint density at radius 2 is 1.64 bits per heavy atom. The van der Waals surface area contributed by atoms with Crippen LogP contribution in [-0.2, 0) is 14.3 Å². The Kier molecular flexibility index (Phi) is 6.28. The molecule has 2 rings (SSSR count). The molecule has 2 aromatic carbocycles. The molecule has 6 heteroatoms. The van der Waals surface area contributed by atoms with Gasteiger partial charge in [0.2, 0.25) is 11.8 Å². The minimum Gasteiger partial charge on any atom is -0.465 e. The molecule has 0 aliphatic carbocycles. The predicted octanol–water partition coefficient (Wildman–Crippen LogP) is 2.68. The second-order valence-electron chi connectivity index (χ2n) is 5.49. The quantitative estimate of drug-likeness (QED) is 0.792. The van der Waals surface area contributed by atoms with Gasteiger partial charge in [-0.15, -0.1) is 0 Å². The standard InChI is InChI=1S/C19H20N2O4/c1-13(22)20-17(14-6-4-3-5-7-14)12-18(23)21-16-10-8-15(9-11-16)19(24)25-2/h3-11,17H,12H2,1-2H3,(H,20,22)(H,21,23)/t17-/m1/s1. The summed E-state index contributed by atoms with van der Waals surface area (Å²) in [6.07, 6.45) is 0.0996. The van der Waals surface area contributed by atoms with Gasteiger partial charge in [0.05, 0.1) is 25.1 Å². The van der Waals surface area contributed by atoms with Crippen LogP contribution >= 0.6 is 0 Å². The molecule has 0 spiro atoms. The Balaban J connectivity index is 2.03. The number of anilines is 1. The van der Waals surface area contributed by atoms with E-state index in [1.807, 2.05) is 30.3 Å². The number of ether oxygens (including phenoxy) is 1. The van der Waals surface area contributed by atoms with Gasteiger partial charge in [-0.2, -0.15) is 0 Å². The number of esters is 1. The van der Waals surface area contributed by atoms with E-state index in [1.165, 1.54) is 14.0 Å². The van der Waals surface area contributed by atoms with Gasteiger partial charge in [-0.25, -0.2) is 4.79 Å². The summed E-state index contributed by atoms with van der Waals surface area (Å²) >= 11 is 0. The van der Waals surface area contributed by atoms with Crippen LogP contribution in [0.15, 0.2) is 54.6 Å². The van der Waals surface area contributed by atoms with Crippen molar-refractivity contribution in [1.82, 2.24) is 5.32 Å². The molecule has 0 aromatic heterocycles. The second-order valence-corrected chi connectivity index (χ2v) is 5.49. The van der Waals surface area contributed by atoms with Crippen molar-refractivity contribution in [1.29, 1.82) is 0 Å². The lowest BCUT2D eigenvalue weighted by Crippen LogP contribution is -2.29. The van der Waals surface area contributed by atoms with E-state index in [2.05, 4.69) is 15.4 Å². The molecule has 25 heavy (non-hydrogen) atoms. The van der Waals surface area contributed by atoms with E-state index in [0.29, 0.717) is 11.3 Å². The van der Waals surface area contributed by atoms with Crippen LogP contribution in [-0.4, -0.2) is 24.9 Å². The van der Waals surface area contributed by atoms with Crippen molar-refractivity contribution < 1.29 is 19.1 Å². The van der Waals surface area contributed by atoms with Crippen LogP contribution < -0.4 is 10.6 Å². The zero-order valence-electron chi connectivity index (χ0n) is 14.1. The highest BCUT2D eigenvalue weighted by Crippen LogP contribution is 2.18. The first-order valence-corrected chi connectivity index (χ1v) is 7.80. The number of methoxy groups -OCH3 is 1. The fraction of sp³-hybridized carbons (Fsp3) is 0.211. The normalized spacial score (nSPS) is 11.3. The molecule has 0 aliphatic heterocycles. The van der Waals surface area contributed by atoms with Crippen LogP contribution in [0.3, 0.4) is 0 Å². The fourth-order valence-corrected chi connectivity index (χ4v) is 2.39. The van der Waals surface area contributed by atoms with Crippen molar-refractivity contribution in [2.75, 3.05) is 12.4 Å². The molecule has 2 amide bonds. The molecule has 0 fully saturated rings. The number of hydrogen-bond acceptors (Lipinski definition) is 4. The number of carbonyl (C=O) groups excluding carboxylic acids is 3. The summed E-state index contributed by atoms with van der Waals surface area (Å²) in [6, 6.07) is 15.3. The average Bonchev–Trinajstić information content (AvgIpc) is 2.61. The number of nitrogens with one attached hydrogen (secondary N) is 2. The summed E-state index contributed by atoms with van der Waals surface area (Å²) in [4.78, 5) is 35.1. The van der Waals surface area contributed by atoms with Gasteiger partial charge < -0.3 is 15.4 Å². The predicted molar refractivity (Wildman–Crippen MR) is 94.0 cm³/mol. The van der Waals surface area contributed by atoms with Gasteiger partial charge in [0.15, 0.2) is 0 Å². The van der Waals surface area contributed by atoms with E-state index in [9.17, 15) is 14.4 Å². The summed E-state index contributed by atoms with van der Waals surface area (Å²) < 4.78 is 4.63. The summed E-state index contributed by atoms with van der Waals surface area (Å²) in [5.74, 6) is -0.884. The molecule has 0 heterocycles. The van der Waals surface area contributed by atoms with Crippen LogP contribution in [0.25, 0.3) is 0 Å². The molecular formula is C19H20N2O4. The Bertz CT molecular complexity index is 742.